The summed E-state index contributed by atoms with van der Waals surface area (Å²) in [6, 6.07) is 0. The largest absolute Gasteiger partial charge is 0.481 e. The Morgan fingerprint density at radius 3 is 2.06 bits per heavy atom. The number of fused-ring (bicyclic) bond motifs is 1. The van der Waals surface area contributed by atoms with Crippen LogP contribution in [0.2, 0.25) is 0 Å². The van der Waals surface area contributed by atoms with Crippen LogP contribution in [-0.2, 0) is 27.2 Å². The van der Waals surface area contributed by atoms with Crippen LogP contribution in [-0.4, -0.2) is 29.6 Å². The summed E-state index contributed by atoms with van der Waals surface area (Å²) >= 11 is 1.49. The first-order chi connectivity index (χ1) is 16.0. The van der Waals surface area contributed by atoms with Crippen molar-refractivity contribution in [2.75, 3.05) is 11.9 Å². The number of rotatable bonds is 5. The molecule has 2 N–H and O–H groups in total. The summed E-state index contributed by atoms with van der Waals surface area (Å²) in [5.41, 5.74) is 1.54. The molecule has 2 atom stereocenters. The normalized spacial score (nSPS) is 22.7. The number of nitrogens with one attached hydrogen (secondary N) is 1. The summed E-state index contributed by atoms with van der Waals surface area (Å²) in [7, 11) is 0. The predicted molar refractivity (Wildman–Crippen MR) is 131 cm³/mol. The van der Waals surface area contributed by atoms with Crippen LogP contribution in [0.1, 0.15) is 111 Å². The van der Waals surface area contributed by atoms with Crippen LogP contribution < -0.4 is 5.32 Å². The van der Waals surface area contributed by atoms with Crippen molar-refractivity contribution in [3.05, 3.63) is 16.0 Å². The van der Waals surface area contributed by atoms with Gasteiger partial charge in [0.2, 0.25) is 5.91 Å². The molecule has 184 valence electrons. The average Bonchev–Trinajstić information content (AvgIpc) is 3.14. The van der Waals surface area contributed by atoms with E-state index in [1.807, 2.05) is 0 Å². The van der Waals surface area contributed by atoms with Crippen LogP contribution in [0.3, 0.4) is 0 Å². The molecule has 7 heteroatoms. The number of hydrogen-bond acceptors (Lipinski definition) is 5. The summed E-state index contributed by atoms with van der Waals surface area (Å²) in [6.45, 7) is 2.07. The fourth-order valence-corrected chi connectivity index (χ4v) is 6.54. The molecule has 0 spiro atoms. The SMILES string of the molecule is CCOC(=O)c1c(NC(=O)[C@H]2CCCC[C@@H]2C(=O)O)sc2c1CCCCCCCCCCC2. The highest BCUT2D eigenvalue weighted by molar-refractivity contribution is 7.17. The molecule has 1 saturated carbocycles. The third-order valence-electron chi connectivity index (χ3n) is 7.06. The molecule has 1 heterocycles. The van der Waals surface area contributed by atoms with E-state index in [1.54, 1.807) is 6.92 Å². The molecular formula is C26H39NO5S. The number of carbonyl (C=O) groups is 3. The number of anilines is 1. The Bertz CT molecular complexity index is 818. The van der Waals surface area contributed by atoms with Crippen LogP contribution in [0.5, 0.6) is 0 Å². The van der Waals surface area contributed by atoms with Gasteiger partial charge in [-0.1, -0.05) is 57.8 Å². The van der Waals surface area contributed by atoms with Crippen molar-refractivity contribution in [1.82, 2.24) is 0 Å². The Hall–Kier alpha value is -1.89. The van der Waals surface area contributed by atoms with Crippen molar-refractivity contribution in [2.45, 2.75) is 103 Å². The van der Waals surface area contributed by atoms with Gasteiger partial charge < -0.3 is 15.2 Å². The summed E-state index contributed by atoms with van der Waals surface area (Å²) in [6.07, 6.45) is 15.3. The first kappa shape index (κ1) is 25.7. The smallest absolute Gasteiger partial charge is 0.341 e. The Morgan fingerprint density at radius 1 is 0.879 bits per heavy atom. The van der Waals surface area contributed by atoms with Gasteiger partial charge in [-0.3, -0.25) is 9.59 Å². The van der Waals surface area contributed by atoms with Gasteiger partial charge in [-0.05, 0) is 51.0 Å². The third kappa shape index (κ3) is 7.05. The lowest BCUT2D eigenvalue weighted by Crippen LogP contribution is -2.36. The first-order valence-corrected chi connectivity index (χ1v) is 13.7. The molecule has 2 aliphatic carbocycles. The lowest BCUT2D eigenvalue weighted by Gasteiger charge is -2.27. The Labute approximate surface area is 201 Å². The van der Waals surface area contributed by atoms with Crippen LogP contribution >= 0.6 is 11.3 Å². The number of ether oxygens (including phenoxy) is 1. The molecule has 1 fully saturated rings. The summed E-state index contributed by atoms with van der Waals surface area (Å²) < 4.78 is 5.39. The van der Waals surface area contributed by atoms with Gasteiger partial charge >= 0.3 is 11.9 Å². The van der Waals surface area contributed by atoms with E-state index in [-0.39, 0.29) is 18.5 Å². The number of carbonyl (C=O) groups excluding carboxylic acids is 2. The van der Waals surface area contributed by atoms with Gasteiger partial charge in [0.1, 0.15) is 5.00 Å². The highest BCUT2D eigenvalue weighted by Crippen LogP contribution is 2.38. The maximum atomic E-state index is 13.2. The van der Waals surface area contributed by atoms with Gasteiger partial charge in [-0.25, -0.2) is 4.79 Å². The lowest BCUT2D eigenvalue weighted by atomic mass is 9.78. The topological polar surface area (TPSA) is 92.7 Å². The minimum Gasteiger partial charge on any atom is -0.481 e. The van der Waals surface area contributed by atoms with E-state index in [0.29, 0.717) is 23.4 Å². The van der Waals surface area contributed by atoms with E-state index in [9.17, 15) is 19.5 Å². The third-order valence-corrected chi connectivity index (χ3v) is 8.26. The molecule has 3 rings (SSSR count). The monoisotopic (exact) mass is 477 g/mol. The Morgan fingerprint density at radius 2 is 1.45 bits per heavy atom. The molecule has 2 aliphatic rings. The number of thiophene rings is 1. The summed E-state index contributed by atoms with van der Waals surface area (Å²) in [4.78, 5) is 39.1. The van der Waals surface area contributed by atoms with Crippen molar-refractivity contribution in [1.29, 1.82) is 0 Å². The van der Waals surface area contributed by atoms with E-state index < -0.39 is 17.8 Å². The molecule has 6 nitrogen and oxygen atoms in total. The molecule has 0 saturated heterocycles. The summed E-state index contributed by atoms with van der Waals surface area (Å²) in [5, 5.41) is 13.1. The molecule has 0 aliphatic heterocycles. The van der Waals surface area contributed by atoms with E-state index in [1.165, 1.54) is 54.7 Å². The van der Waals surface area contributed by atoms with Crippen molar-refractivity contribution >= 4 is 34.2 Å². The molecule has 0 radical (unpaired) electrons. The fraction of sp³-hybridized carbons (Fsp3) is 0.731. The number of esters is 1. The number of carboxylic acid groups (broad SMARTS) is 1. The van der Waals surface area contributed by atoms with E-state index >= 15 is 0 Å². The van der Waals surface area contributed by atoms with Gasteiger partial charge in [-0.15, -0.1) is 11.3 Å². The van der Waals surface area contributed by atoms with Gasteiger partial charge in [0.05, 0.1) is 24.0 Å². The van der Waals surface area contributed by atoms with Gasteiger partial charge in [0.25, 0.3) is 0 Å². The van der Waals surface area contributed by atoms with Crippen LogP contribution in [0.15, 0.2) is 0 Å². The molecule has 33 heavy (non-hydrogen) atoms. The second-order valence-corrected chi connectivity index (χ2v) is 10.5. The molecule has 1 amide bonds. The van der Waals surface area contributed by atoms with E-state index in [4.69, 9.17) is 4.74 Å². The van der Waals surface area contributed by atoms with Gasteiger partial charge in [0.15, 0.2) is 0 Å². The maximum Gasteiger partial charge on any atom is 0.341 e. The van der Waals surface area contributed by atoms with Gasteiger partial charge in [0, 0.05) is 4.88 Å². The number of carboxylic acids is 1. The second-order valence-electron chi connectivity index (χ2n) is 9.44. The lowest BCUT2D eigenvalue weighted by molar-refractivity contribution is -0.147. The molecule has 0 unspecified atom stereocenters. The molecular weight excluding hydrogens is 438 g/mol. The zero-order valence-electron chi connectivity index (χ0n) is 20.0. The van der Waals surface area contributed by atoms with Crippen LogP contribution in [0.25, 0.3) is 0 Å². The molecule has 1 aromatic heterocycles. The van der Waals surface area contributed by atoms with Crippen molar-refractivity contribution in [3.8, 4) is 0 Å². The van der Waals surface area contributed by atoms with Gasteiger partial charge in [-0.2, -0.15) is 0 Å². The highest BCUT2D eigenvalue weighted by Gasteiger charge is 2.37. The zero-order chi connectivity index (χ0) is 23.6. The minimum absolute atomic E-state index is 0.276. The molecule has 1 aromatic rings. The van der Waals surface area contributed by atoms with E-state index in [0.717, 1.165) is 50.5 Å². The van der Waals surface area contributed by atoms with Crippen LogP contribution in [0.4, 0.5) is 5.00 Å². The average molecular weight is 478 g/mol. The number of aliphatic carboxylic acids is 1. The number of amides is 1. The van der Waals surface area contributed by atoms with E-state index in [2.05, 4.69) is 5.32 Å². The Balaban J connectivity index is 1.88. The summed E-state index contributed by atoms with van der Waals surface area (Å²) in [5.74, 6) is -2.78. The number of hydrogen-bond donors (Lipinski definition) is 2. The predicted octanol–water partition coefficient (Wildman–Crippen LogP) is 6.36. The zero-order valence-corrected chi connectivity index (χ0v) is 20.8. The van der Waals surface area contributed by atoms with Crippen molar-refractivity contribution in [3.63, 3.8) is 0 Å². The molecule has 0 bridgehead atoms. The second kappa shape index (κ2) is 13.1. The highest BCUT2D eigenvalue weighted by atomic mass is 32.1. The molecule has 0 aromatic carbocycles. The standard InChI is InChI=1S/C26H39NO5S/c1-2-32-26(31)22-20-16-10-8-6-4-3-5-7-9-11-17-21(20)33-24(22)27-23(28)18-14-12-13-15-19(18)25(29)30/h18-19H,2-17H2,1H3,(H,27,28)(H,29,30)/t18-,19-/m0/s1. The quantitative estimate of drug-likeness (QED) is 0.481. The first-order valence-electron chi connectivity index (χ1n) is 12.9. The van der Waals surface area contributed by atoms with Crippen molar-refractivity contribution in [2.24, 2.45) is 11.8 Å². The van der Waals surface area contributed by atoms with Crippen LogP contribution in [0, 0.1) is 11.8 Å². The minimum atomic E-state index is -0.908. The Kier molecular flexibility index (Phi) is 10.2. The van der Waals surface area contributed by atoms with Crippen molar-refractivity contribution < 1.29 is 24.2 Å². The fourth-order valence-electron chi connectivity index (χ4n) is 5.26. The number of aryl methyl sites for hydroxylation is 1. The maximum absolute atomic E-state index is 13.2.